The van der Waals surface area contributed by atoms with Gasteiger partial charge in [-0.3, -0.25) is 4.55 Å². The summed E-state index contributed by atoms with van der Waals surface area (Å²) < 4.78 is 29.9. The van der Waals surface area contributed by atoms with E-state index in [1.807, 2.05) is 0 Å². The molecule has 1 rings (SSSR count). The molecule has 0 fully saturated rings. The van der Waals surface area contributed by atoms with Gasteiger partial charge in [0.15, 0.2) is 0 Å². The van der Waals surface area contributed by atoms with E-state index >= 15 is 0 Å². The van der Waals surface area contributed by atoms with Crippen LogP contribution in [0.1, 0.15) is 18.4 Å². The first-order valence-corrected chi connectivity index (χ1v) is 6.08. The van der Waals surface area contributed by atoms with Crippen LogP contribution in [0.15, 0.2) is 24.3 Å². The molecule has 0 saturated heterocycles. The molecule has 14 heavy (non-hydrogen) atoms. The fourth-order valence-corrected chi connectivity index (χ4v) is 2.41. The number of halogens is 1. The van der Waals surface area contributed by atoms with Crippen LogP contribution in [-0.4, -0.2) is 18.7 Å². The second-order valence-corrected chi connectivity index (χ2v) is 5.08. The quantitative estimate of drug-likeness (QED) is 0.817. The largest absolute Gasteiger partial charge is 0.286 e. The van der Waals surface area contributed by atoms with Crippen LogP contribution in [0.2, 0.25) is 5.02 Å². The number of hydrogen-bond donors (Lipinski definition) is 1. The lowest BCUT2D eigenvalue weighted by atomic mass is 10.0. The minimum absolute atomic E-state index is 0.307. The van der Waals surface area contributed by atoms with Crippen LogP contribution < -0.4 is 0 Å². The maximum atomic E-state index is 10.6. The van der Waals surface area contributed by atoms with E-state index in [-0.39, 0.29) is 11.7 Å². The molecule has 1 unspecified atom stereocenters. The van der Waals surface area contributed by atoms with E-state index in [1.165, 1.54) is 0 Å². The molecule has 0 heterocycles. The van der Waals surface area contributed by atoms with E-state index in [0.29, 0.717) is 5.02 Å². The zero-order valence-corrected chi connectivity index (χ0v) is 9.22. The van der Waals surface area contributed by atoms with Gasteiger partial charge in [0.05, 0.1) is 5.75 Å². The van der Waals surface area contributed by atoms with E-state index in [1.54, 1.807) is 31.2 Å². The van der Waals surface area contributed by atoms with Gasteiger partial charge in [0.2, 0.25) is 0 Å². The van der Waals surface area contributed by atoms with Crippen molar-refractivity contribution in [3.05, 3.63) is 34.9 Å². The lowest BCUT2D eigenvalue weighted by molar-refractivity contribution is 0.479. The van der Waals surface area contributed by atoms with Crippen LogP contribution in [0.5, 0.6) is 0 Å². The third-order valence-electron chi connectivity index (χ3n) is 1.90. The van der Waals surface area contributed by atoms with Crippen LogP contribution >= 0.6 is 11.6 Å². The Kier molecular flexibility index (Phi) is 3.53. The van der Waals surface area contributed by atoms with Crippen LogP contribution in [0.3, 0.4) is 0 Å². The summed E-state index contributed by atoms with van der Waals surface area (Å²) in [7, 11) is -3.95. The summed E-state index contributed by atoms with van der Waals surface area (Å²) in [5.74, 6) is -0.616. The molecule has 0 aliphatic heterocycles. The SMILES string of the molecule is CC(CS(=O)(=O)O)c1ccccc1Cl. The molecule has 1 atom stereocenters. The molecule has 5 heteroatoms. The Bertz CT molecular complexity index is 414. The van der Waals surface area contributed by atoms with Gasteiger partial charge in [-0.05, 0) is 17.5 Å². The molecule has 0 bridgehead atoms. The Morgan fingerprint density at radius 3 is 2.50 bits per heavy atom. The van der Waals surface area contributed by atoms with Gasteiger partial charge in [0.25, 0.3) is 10.1 Å². The van der Waals surface area contributed by atoms with Gasteiger partial charge in [-0.25, -0.2) is 0 Å². The topological polar surface area (TPSA) is 54.4 Å². The van der Waals surface area contributed by atoms with E-state index in [9.17, 15) is 8.42 Å². The summed E-state index contributed by atoms with van der Waals surface area (Å²) >= 11 is 5.87. The first kappa shape index (κ1) is 11.5. The highest BCUT2D eigenvalue weighted by molar-refractivity contribution is 7.85. The van der Waals surface area contributed by atoms with Crippen molar-refractivity contribution in [1.82, 2.24) is 0 Å². The van der Waals surface area contributed by atoms with Crippen molar-refractivity contribution in [3.8, 4) is 0 Å². The van der Waals surface area contributed by atoms with E-state index in [0.717, 1.165) is 5.56 Å². The lowest BCUT2D eigenvalue weighted by Gasteiger charge is -2.11. The van der Waals surface area contributed by atoms with Gasteiger partial charge < -0.3 is 0 Å². The predicted octanol–water partition coefficient (Wildman–Crippen LogP) is 2.33. The average molecular weight is 235 g/mol. The van der Waals surface area contributed by atoms with Crippen molar-refractivity contribution in [2.45, 2.75) is 12.8 Å². The van der Waals surface area contributed by atoms with Gasteiger partial charge in [0, 0.05) is 5.02 Å². The fraction of sp³-hybridized carbons (Fsp3) is 0.333. The fourth-order valence-electron chi connectivity index (χ4n) is 1.28. The average Bonchev–Trinajstić information content (AvgIpc) is 2.01. The predicted molar refractivity (Wildman–Crippen MR) is 56.3 cm³/mol. The molecular formula is C9H11ClO3S. The first-order valence-electron chi connectivity index (χ1n) is 4.10. The maximum absolute atomic E-state index is 10.6. The van der Waals surface area contributed by atoms with Crippen LogP contribution in [0, 0.1) is 0 Å². The van der Waals surface area contributed by atoms with Gasteiger partial charge in [0.1, 0.15) is 0 Å². The lowest BCUT2D eigenvalue weighted by Crippen LogP contribution is -2.11. The molecule has 0 aliphatic carbocycles. The molecule has 0 spiro atoms. The number of rotatable bonds is 3. The van der Waals surface area contributed by atoms with E-state index in [2.05, 4.69) is 0 Å². The summed E-state index contributed by atoms with van der Waals surface area (Å²) in [6.07, 6.45) is 0. The molecule has 78 valence electrons. The molecule has 1 aromatic rings. The van der Waals surface area contributed by atoms with Gasteiger partial charge in [-0.2, -0.15) is 8.42 Å². The molecule has 1 N–H and O–H groups in total. The summed E-state index contributed by atoms with van der Waals surface area (Å²) in [6, 6.07) is 6.99. The summed E-state index contributed by atoms with van der Waals surface area (Å²) in [5.41, 5.74) is 0.729. The Balaban J connectivity index is 2.90. The van der Waals surface area contributed by atoms with E-state index in [4.69, 9.17) is 16.2 Å². The van der Waals surface area contributed by atoms with Crippen LogP contribution in [0.4, 0.5) is 0 Å². The zero-order valence-electron chi connectivity index (χ0n) is 7.64. The maximum Gasteiger partial charge on any atom is 0.265 e. The van der Waals surface area contributed by atoms with Crippen LogP contribution in [0.25, 0.3) is 0 Å². The molecule has 0 amide bonds. The summed E-state index contributed by atoms with van der Waals surface area (Å²) in [4.78, 5) is 0. The van der Waals surface area contributed by atoms with E-state index < -0.39 is 10.1 Å². The normalized spacial score (nSPS) is 13.9. The highest BCUT2D eigenvalue weighted by atomic mass is 35.5. The molecule has 0 aromatic heterocycles. The number of benzene rings is 1. The van der Waals surface area contributed by atoms with Crippen molar-refractivity contribution >= 4 is 21.7 Å². The second-order valence-electron chi connectivity index (χ2n) is 3.17. The number of hydrogen-bond acceptors (Lipinski definition) is 2. The van der Waals surface area contributed by atoms with Crippen LogP contribution in [-0.2, 0) is 10.1 Å². The van der Waals surface area contributed by atoms with Gasteiger partial charge >= 0.3 is 0 Å². The second kappa shape index (κ2) is 4.29. The third-order valence-corrected chi connectivity index (χ3v) is 3.16. The first-order chi connectivity index (χ1) is 6.40. The summed E-state index contributed by atoms with van der Waals surface area (Å²) in [5, 5.41) is 0.517. The molecule has 0 aliphatic rings. The highest BCUT2D eigenvalue weighted by Gasteiger charge is 2.15. The Morgan fingerprint density at radius 1 is 1.43 bits per heavy atom. The zero-order chi connectivity index (χ0) is 10.8. The summed E-state index contributed by atoms with van der Waals surface area (Å²) in [6.45, 7) is 1.70. The minimum Gasteiger partial charge on any atom is -0.286 e. The molecular weight excluding hydrogens is 224 g/mol. The van der Waals surface area contributed by atoms with Crippen molar-refractivity contribution < 1.29 is 13.0 Å². The molecule has 1 aromatic carbocycles. The standard InChI is InChI=1S/C9H11ClO3S/c1-7(6-14(11,12)13)8-4-2-3-5-9(8)10/h2-5,7H,6H2,1H3,(H,11,12,13). The highest BCUT2D eigenvalue weighted by Crippen LogP contribution is 2.24. The Morgan fingerprint density at radius 2 is 2.00 bits per heavy atom. The molecule has 0 saturated carbocycles. The third kappa shape index (κ3) is 3.29. The van der Waals surface area contributed by atoms with Crippen molar-refractivity contribution in [3.63, 3.8) is 0 Å². The molecule has 3 nitrogen and oxygen atoms in total. The Hall–Kier alpha value is -0.580. The minimum atomic E-state index is -3.95. The van der Waals surface area contributed by atoms with Crippen molar-refractivity contribution in [1.29, 1.82) is 0 Å². The smallest absolute Gasteiger partial charge is 0.265 e. The van der Waals surface area contributed by atoms with Crippen molar-refractivity contribution in [2.24, 2.45) is 0 Å². The monoisotopic (exact) mass is 234 g/mol. The molecule has 0 radical (unpaired) electrons. The Labute approximate surface area is 88.5 Å². The van der Waals surface area contributed by atoms with Crippen molar-refractivity contribution in [2.75, 3.05) is 5.75 Å². The van der Waals surface area contributed by atoms with Gasteiger partial charge in [-0.1, -0.05) is 36.7 Å². The van der Waals surface area contributed by atoms with Gasteiger partial charge in [-0.15, -0.1) is 0 Å².